The maximum Gasteiger partial charge on any atom is 0.224 e. The highest BCUT2D eigenvalue weighted by Crippen LogP contribution is 2.30. The van der Waals surface area contributed by atoms with E-state index < -0.39 is 0 Å². The quantitative estimate of drug-likeness (QED) is 0.878. The van der Waals surface area contributed by atoms with E-state index in [1.165, 1.54) is 11.3 Å². The van der Waals surface area contributed by atoms with Crippen LogP contribution in [-0.2, 0) is 4.79 Å². The van der Waals surface area contributed by atoms with Gasteiger partial charge in [0.15, 0.2) is 4.34 Å². The summed E-state index contributed by atoms with van der Waals surface area (Å²) in [6, 6.07) is 7.95. The van der Waals surface area contributed by atoms with E-state index in [1.54, 1.807) is 17.3 Å². The zero-order chi connectivity index (χ0) is 15.4. The smallest absolute Gasteiger partial charge is 0.224 e. The number of nitrogens with one attached hydrogen (secondary N) is 1. The number of hydrogen-bond donors (Lipinski definition) is 2. The highest BCUT2D eigenvalue weighted by atomic mass is 32.2. The average Bonchev–Trinajstić information content (AvgIpc) is 3.14. The van der Waals surface area contributed by atoms with Crippen molar-refractivity contribution in [1.82, 2.24) is 10.2 Å². The molecule has 1 amide bonds. The number of nitrogens with zero attached hydrogens (tertiary/aromatic N) is 2. The summed E-state index contributed by atoms with van der Waals surface area (Å²) in [6.07, 6.45) is 3.75. The maximum absolute atomic E-state index is 12.1. The van der Waals surface area contributed by atoms with Gasteiger partial charge in [-0.2, -0.15) is 0 Å². The summed E-state index contributed by atoms with van der Waals surface area (Å²) in [6.45, 7) is 0. The van der Waals surface area contributed by atoms with E-state index in [-0.39, 0.29) is 11.9 Å². The van der Waals surface area contributed by atoms with Crippen LogP contribution in [0.5, 0.6) is 0 Å². The lowest BCUT2D eigenvalue weighted by molar-refractivity contribution is -0.117. The van der Waals surface area contributed by atoms with Gasteiger partial charge in [0.05, 0.1) is 0 Å². The molecule has 0 aliphatic heterocycles. The number of nitrogens with two attached hydrogens (primary N) is 1. The standard InChI is InChI=1S/C15H18N4OS2/c16-13-3-1-2-10(13)8-14(20)18-11-4-6-12(7-5-11)22-15-19-17-9-21-15/h4-7,9-10,13H,1-3,8,16H2,(H,18,20)/t10-,13+/m0/s1. The van der Waals surface area contributed by atoms with Crippen LogP contribution in [0.3, 0.4) is 0 Å². The molecule has 1 fully saturated rings. The third kappa shape index (κ3) is 4.06. The summed E-state index contributed by atoms with van der Waals surface area (Å²) in [5.41, 5.74) is 8.54. The molecule has 3 N–H and O–H groups in total. The lowest BCUT2D eigenvalue weighted by Crippen LogP contribution is -2.28. The average molecular weight is 334 g/mol. The highest BCUT2D eigenvalue weighted by molar-refractivity contribution is 8.01. The number of benzene rings is 1. The SMILES string of the molecule is N[C@@H]1CCC[C@H]1CC(=O)Nc1ccc(Sc2nncs2)cc1. The lowest BCUT2D eigenvalue weighted by Gasteiger charge is -2.14. The first kappa shape index (κ1) is 15.5. The van der Waals surface area contributed by atoms with Crippen molar-refractivity contribution in [1.29, 1.82) is 0 Å². The third-order valence-corrected chi connectivity index (χ3v) is 5.63. The molecule has 1 heterocycles. The largest absolute Gasteiger partial charge is 0.327 e. The molecule has 7 heteroatoms. The van der Waals surface area contributed by atoms with E-state index in [0.717, 1.165) is 34.2 Å². The number of amides is 1. The molecule has 22 heavy (non-hydrogen) atoms. The Bertz CT molecular complexity index is 615. The normalized spacial score (nSPS) is 21.0. The number of carbonyl (C=O) groups excluding carboxylic acids is 1. The van der Waals surface area contributed by atoms with Crippen LogP contribution in [0.2, 0.25) is 0 Å². The Morgan fingerprint density at radius 2 is 2.18 bits per heavy atom. The second-order valence-corrected chi connectivity index (χ2v) is 7.59. The van der Waals surface area contributed by atoms with E-state index in [0.29, 0.717) is 12.3 Å². The van der Waals surface area contributed by atoms with Crippen molar-refractivity contribution in [2.75, 3.05) is 5.32 Å². The van der Waals surface area contributed by atoms with Crippen molar-refractivity contribution in [3.63, 3.8) is 0 Å². The molecular weight excluding hydrogens is 316 g/mol. The lowest BCUT2D eigenvalue weighted by atomic mass is 10.00. The number of anilines is 1. The van der Waals surface area contributed by atoms with Gasteiger partial charge in [0.25, 0.3) is 0 Å². The van der Waals surface area contributed by atoms with Gasteiger partial charge in [0.2, 0.25) is 5.91 Å². The van der Waals surface area contributed by atoms with Gasteiger partial charge in [0, 0.05) is 23.0 Å². The molecule has 1 aromatic heterocycles. The van der Waals surface area contributed by atoms with Crippen LogP contribution in [0.15, 0.2) is 39.0 Å². The van der Waals surface area contributed by atoms with Gasteiger partial charge in [-0.3, -0.25) is 4.79 Å². The molecule has 1 aliphatic rings. The molecular formula is C15H18N4OS2. The fraction of sp³-hybridized carbons (Fsp3) is 0.400. The summed E-state index contributed by atoms with van der Waals surface area (Å²) in [5, 5.41) is 10.8. The number of hydrogen-bond acceptors (Lipinski definition) is 6. The Balaban J connectivity index is 1.53. The van der Waals surface area contributed by atoms with E-state index in [2.05, 4.69) is 15.5 Å². The Morgan fingerprint density at radius 3 is 2.82 bits per heavy atom. The molecule has 0 radical (unpaired) electrons. The van der Waals surface area contributed by atoms with Crippen molar-refractivity contribution in [2.45, 2.75) is 41.0 Å². The van der Waals surface area contributed by atoms with Gasteiger partial charge in [-0.15, -0.1) is 10.2 Å². The molecule has 1 saturated carbocycles. The van der Waals surface area contributed by atoms with Gasteiger partial charge in [-0.25, -0.2) is 0 Å². The van der Waals surface area contributed by atoms with E-state index in [9.17, 15) is 4.79 Å². The fourth-order valence-electron chi connectivity index (χ4n) is 2.68. The molecule has 0 saturated heterocycles. The van der Waals surface area contributed by atoms with Crippen molar-refractivity contribution < 1.29 is 4.79 Å². The van der Waals surface area contributed by atoms with Gasteiger partial charge in [0.1, 0.15) is 5.51 Å². The monoisotopic (exact) mass is 334 g/mol. The first-order chi connectivity index (χ1) is 10.7. The van der Waals surface area contributed by atoms with E-state index in [4.69, 9.17) is 5.73 Å². The Kier molecular flexibility index (Phi) is 5.07. The molecule has 0 unspecified atom stereocenters. The third-order valence-electron chi connectivity index (χ3n) is 3.85. The number of carbonyl (C=O) groups is 1. The molecule has 116 valence electrons. The number of rotatable bonds is 5. The first-order valence-corrected chi connectivity index (χ1v) is 9.00. The molecule has 3 rings (SSSR count). The molecule has 0 bridgehead atoms. The van der Waals surface area contributed by atoms with Crippen LogP contribution >= 0.6 is 23.1 Å². The summed E-state index contributed by atoms with van der Waals surface area (Å²) in [7, 11) is 0. The van der Waals surface area contributed by atoms with Gasteiger partial charge in [-0.1, -0.05) is 29.5 Å². The molecule has 1 aromatic carbocycles. The summed E-state index contributed by atoms with van der Waals surface area (Å²) >= 11 is 3.07. The Morgan fingerprint density at radius 1 is 1.36 bits per heavy atom. The molecule has 0 spiro atoms. The predicted molar refractivity (Wildman–Crippen MR) is 89.0 cm³/mol. The van der Waals surface area contributed by atoms with Crippen molar-refractivity contribution in [3.05, 3.63) is 29.8 Å². The van der Waals surface area contributed by atoms with Crippen LogP contribution in [0.4, 0.5) is 5.69 Å². The van der Waals surface area contributed by atoms with Crippen LogP contribution < -0.4 is 11.1 Å². The summed E-state index contributed by atoms with van der Waals surface area (Å²) in [4.78, 5) is 13.1. The molecule has 1 aliphatic carbocycles. The first-order valence-electron chi connectivity index (χ1n) is 7.30. The summed E-state index contributed by atoms with van der Waals surface area (Å²) in [5.74, 6) is 0.374. The predicted octanol–water partition coefficient (Wildman–Crippen LogP) is 3.15. The zero-order valence-corrected chi connectivity index (χ0v) is 13.7. The van der Waals surface area contributed by atoms with Crippen LogP contribution in [0.25, 0.3) is 0 Å². The van der Waals surface area contributed by atoms with Crippen molar-refractivity contribution in [3.8, 4) is 0 Å². The highest BCUT2D eigenvalue weighted by Gasteiger charge is 2.25. The van der Waals surface area contributed by atoms with Crippen molar-refractivity contribution >= 4 is 34.7 Å². The summed E-state index contributed by atoms with van der Waals surface area (Å²) < 4.78 is 0.909. The number of aromatic nitrogens is 2. The fourth-order valence-corrected chi connectivity index (χ4v) is 4.13. The van der Waals surface area contributed by atoms with Gasteiger partial charge in [-0.05, 0) is 43.0 Å². The second-order valence-electron chi connectivity index (χ2n) is 5.44. The Labute approximate surface area is 137 Å². The second kappa shape index (κ2) is 7.21. The minimum Gasteiger partial charge on any atom is -0.327 e. The molecule has 5 nitrogen and oxygen atoms in total. The maximum atomic E-state index is 12.1. The van der Waals surface area contributed by atoms with E-state index >= 15 is 0 Å². The van der Waals surface area contributed by atoms with Crippen molar-refractivity contribution in [2.24, 2.45) is 11.7 Å². The zero-order valence-electron chi connectivity index (χ0n) is 12.1. The minimum absolute atomic E-state index is 0.0480. The molecule has 2 atom stereocenters. The van der Waals surface area contributed by atoms with E-state index in [1.807, 2.05) is 24.3 Å². The van der Waals surface area contributed by atoms with Gasteiger partial charge < -0.3 is 11.1 Å². The topological polar surface area (TPSA) is 80.9 Å². The van der Waals surface area contributed by atoms with Gasteiger partial charge >= 0.3 is 0 Å². The minimum atomic E-state index is 0.0480. The Hall–Kier alpha value is -1.44. The molecule has 2 aromatic rings. The van der Waals surface area contributed by atoms with Crippen LogP contribution in [-0.4, -0.2) is 22.1 Å². The van der Waals surface area contributed by atoms with Crippen LogP contribution in [0, 0.1) is 5.92 Å². The van der Waals surface area contributed by atoms with Crippen LogP contribution in [0.1, 0.15) is 25.7 Å².